The van der Waals surface area contributed by atoms with E-state index in [1.165, 1.54) is 0 Å². The lowest BCUT2D eigenvalue weighted by molar-refractivity contribution is 0.1000. The predicted octanol–water partition coefficient (Wildman–Crippen LogP) is 5.17. The molecule has 4 N–H and O–H groups in total. The van der Waals surface area contributed by atoms with Crippen molar-refractivity contribution in [3.8, 4) is 22.6 Å². The molecule has 9 nitrogen and oxygen atoms in total. The largest absolute Gasteiger partial charge is 0.378 e. The molecule has 0 radical (unpaired) electrons. The summed E-state index contributed by atoms with van der Waals surface area (Å²) in [6.45, 7) is 2.97. The second kappa shape index (κ2) is 13.2. The average Bonchev–Trinajstić information content (AvgIpc) is 3.53. The Kier molecular flexibility index (Phi) is 8.96. The highest BCUT2D eigenvalue weighted by molar-refractivity contribution is 7.92. The van der Waals surface area contributed by atoms with Crippen LogP contribution in [0.2, 0.25) is 0 Å². The number of amides is 1. The molecule has 1 aliphatic rings. The third-order valence-electron chi connectivity index (χ3n) is 6.63. The van der Waals surface area contributed by atoms with Gasteiger partial charge in [0.25, 0.3) is 10.0 Å². The summed E-state index contributed by atoms with van der Waals surface area (Å²) in [5.41, 5.74) is 9.72. The number of ether oxygens (including phenoxy) is 1. The van der Waals surface area contributed by atoms with E-state index < -0.39 is 10.0 Å². The Hall–Kier alpha value is -4.93. The number of primary amides is 1. The molecule has 1 fully saturated rings. The summed E-state index contributed by atoms with van der Waals surface area (Å²) < 4.78 is 34.0. The Morgan fingerprint density at radius 3 is 2.12 bits per heavy atom. The lowest BCUT2D eigenvalue weighted by atomic mass is 10.2. The van der Waals surface area contributed by atoms with Crippen molar-refractivity contribution in [2.75, 3.05) is 35.9 Å². The van der Waals surface area contributed by atoms with E-state index >= 15 is 0 Å². The molecule has 0 atom stereocenters. The van der Waals surface area contributed by atoms with Crippen molar-refractivity contribution < 1.29 is 17.9 Å². The molecule has 6 rings (SSSR count). The standard InChI is InChI=1S/C25H24N4O3S.C7H7NO/c30-33(31,23-11-9-22(10-12-23)29-13-15-32-16-14-29)28-21-8-4-7-20(17-21)25-26-18-24(27-25)19-5-2-1-3-6-19;8-7(9)6-4-2-1-3-5-6/h1-12,17-18,28H,13-16H2,(H,26,27);1-5H,(H2,8,9). The van der Waals surface area contributed by atoms with E-state index in [0.29, 0.717) is 30.3 Å². The molecule has 0 aliphatic carbocycles. The molecule has 0 unspecified atom stereocenters. The number of carbonyl (C=O) groups is 1. The second-order valence-corrected chi connectivity index (χ2v) is 11.2. The Balaban J connectivity index is 0.000000336. The zero-order chi connectivity index (χ0) is 29.4. The van der Waals surface area contributed by atoms with Crippen LogP contribution in [0.5, 0.6) is 0 Å². The van der Waals surface area contributed by atoms with Crippen LogP contribution < -0.4 is 15.4 Å². The lowest BCUT2D eigenvalue weighted by Gasteiger charge is -2.28. The highest BCUT2D eigenvalue weighted by atomic mass is 32.2. The molecule has 2 heterocycles. The number of rotatable bonds is 7. The fraction of sp³-hybridized carbons (Fsp3) is 0.125. The topological polar surface area (TPSA) is 130 Å². The van der Waals surface area contributed by atoms with Gasteiger partial charge in [0.1, 0.15) is 5.82 Å². The molecule has 5 aromatic rings. The van der Waals surface area contributed by atoms with Gasteiger partial charge >= 0.3 is 0 Å². The van der Waals surface area contributed by atoms with Gasteiger partial charge in [0, 0.05) is 35.6 Å². The van der Waals surface area contributed by atoms with Crippen molar-refractivity contribution in [1.29, 1.82) is 0 Å². The quantitative estimate of drug-likeness (QED) is 0.243. The Bertz CT molecular complexity index is 1720. The van der Waals surface area contributed by atoms with Gasteiger partial charge in [-0.1, -0.05) is 60.7 Å². The first-order valence-electron chi connectivity index (χ1n) is 13.4. The van der Waals surface area contributed by atoms with Crippen molar-refractivity contribution in [3.05, 3.63) is 121 Å². The van der Waals surface area contributed by atoms with Crippen LogP contribution in [0.15, 0.2) is 120 Å². The van der Waals surface area contributed by atoms with Gasteiger partial charge in [-0.25, -0.2) is 13.4 Å². The van der Waals surface area contributed by atoms with Crippen molar-refractivity contribution in [3.63, 3.8) is 0 Å². The molecule has 0 bridgehead atoms. The number of sulfonamides is 1. The molecule has 4 aromatic carbocycles. The lowest BCUT2D eigenvalue weighted by Crippen LogP contribution is -2.36. The molecular weight excluding hydrogens is 550 g/mol. The molecule has 1 saturated heterocycles. The van der Waals surface area contributed by atoms with Crippen LogP contribution in [0.4, 0.5) is 11.4 Å². The van der Waals surface area contributed by atoms with Crippen LogP contribution in [0.1, 0.15) is 10.4 Å². The number of nitrogens with one attached hydrogen (secondary N) is 2. The monoisotopic (exact) mass is 581 g/mol. The molecule has 214 valence electrons. The molecule has 0 saturated carbocycles. The van der Waals surface area contributed by atoms with Gasteiger partial charge in [0.2, 0.25) is 5.91 Å². The highest BCUT2D eigenvalue weighted by Crippen LogP contribution is 2.26. The van der Waals surface area contributed by atoms with Crippen LogP contribution in [-0.2, 0) is 14.8 Å². The number of nitrogens with two attached hydrogens (primary N) is 1. The van der Waals surface area contributed by atoms with Crippen LogP contribution in [0.3, 0.4) is 0 Å². The maximum Gasteiger partial charge on any atom is 0.261 e. The number of H-pyrrole nitrogens is 1. The van der Waals surface area contributed by atoms with Crippen LogP contribution in [0.25, 0.3) is 22.6 Å². The molecule has 1 aliphatic heterocycles. The molecule has 0 spiro atoms. The first-order chi connectivity index (χ1) is 20.4. The van der Waals surface area contributed by atoms with E-state index in [1.54, 1.807) is 60.8 Å². The maximum absolute atomic E-state index is 13.0. The van der Waals surface area contributed by atoms with Crippen LogP contribution in [-0.4, -0.2) is 50.6 Å². The van der Waals surface area contributed by atoms with Crippen LogP contribution in [0, 0.1) is 0 Å². The fourth-order valence-electron chi connectivity index (χ4n) is 4.44. The second-order valence-electron chi connectivity index (χ2n) is 9.52. The number of anilines is 2. The van der Waals surface area contributed by atoms with Gasteiger partial charge in [0.05, 0.1) is 30.0 Å². The van der Waals surface area contributed by atoms with Crippen molar-refractivity contribution in [2.45, 2.75) is 4.90 Å². The number of carbonyl (C=O) groups excluding carboxylic acids is 1. The van der Waals surface area contributed by atoms with Gasteiger partial charge in [0.15, 0.2) is 0 Å². The zero-order valence-corrected chi connectivity index (χ0v) is 23.6. The number of aromatic amines is 1. The smallest absolute Gasteiger partial charge is 0.261 e. The average molecular weight is 582 g/mol. The molecule has 42 heavy (non-hydrogen) atoms. The summed E-state index contributed by atoms with van der Waals surface area (Å²) in [5.74, 6) is 0.292. The van der Waals surface area contributed by atoms with E-state index in [1.807, 2.05) is 54.6 Å². The molecule has 10 heteroatoms. The number of morpholine rings is 1. The summed E-state index contributed by atoms with van der Waals surface area (Å²) in [6.07, 6.45) is 1.78. The predicted molar refractivity (Wildman–Crippen MR) is 165 cm³/mol. The summed E-state index contributed by atoms with van der Waals surface area (Å²) in [5, 5.41) is 0. The Morgan fingerprint density at radius 2 is 1.48 bits per heavy atom. The summed E-state index contributed by atoms with van der Waals surface area (Å²) in [4.78, 5) is 20.6. The molecule has 1 aromatic heterocycles. The summed E-state index contributed by atoms with van der Waals surface area (Å²) in [7, 11) is -3.72. The normalized spacial score (nSPS) is 13.1. The molecular formula is C32H31N5O4S. The Morgan fingerprint density at radius 1 is 0.833 bits per heavy atom. The fourth-order valence-corrected chi connectivity index (χ4v) is 5.49. The number of hydrogen-bond acceptors (Lipinski definition) is 6. The number of hydrogen-bond donors (Lipinski definition) is 3. The van der Waals surface area contributed by atoms with Crippen LogP contribution >= 0.6 is 0 Å². The van der Waals surface area contributed by atoms with E-state index in [9.17, 15) is 13.2 Å². The first kappa shape index (κ1) is 28.6. The minimum absolute atomic E-state index is 0.217. The third kappa shape index (κ3) is 7.22. The van der Waals surface area contributed by atoms with E-state index in [2.05, 4.69) is 19.6 Å². The van der Waals surface area contributed by atoms with Gasteiger partial charge < -0.3 is 20.4 Å². The maximum atomic E-state index is 13.0. The van der Waals surface area contributed by atoms with E-state index in [0.717, 1.165) is 35.6 Å². The van der Waals surface area contributed by atoms with Gasteiger partial charge in [-0.05, 0) is 54.1 Å². The minimum Gasteiger partial charge on any atom is -0.378 e. The number of nitrogens with zero attached hydrogens (tertiary/aromatic N) is 2. The summed E-state index contributed by atoms with van der Waals surface area (Å²) in [6, 6.07) is 32.8. The van der Waals surface area contributed by atoms with Gasteiger partial charge in [-0.3, -0.25) is 9.52 Å². The number of aromatic nitrogens is 2. The SMILES string of the molecule is NC(=O)c1ccccc1.O=S(=O)(Nc1cccc(-c2ncc(-c3ccccc3)[nH]2)c1)c1ccc(N2CCOCC2)cc1. The van der Waals surface area contributed by atoms with E-state index in [4.69, 9.17) is 10.5 Å². The third-order valence-corrected chi connectivity index (χ3v) is 8.03. The zero-order valence-electron chi connectivity index (χ0n) is 22.8. The molecule has 1 amide bonds. The highest BCUT2D eigenvalue weighted by Gasteiger charge is 2.17. The Labute approximate surface area is 245 Å². The number of benzene rings is 4. The van der Waals surface area contributed by atoms with Crippen molar-refractivity contribution in [2.24, 2.45) is 5.73 Å². The summed E-state index contributed by atoms with van der Waals surface area (Å²) >= 11 is 0. The van der Waals surface area contributed by atoms with Gasteiger partial charge in [-0.15, -0.1) is 0 Å². The van der Waals surface area contributed by atoms with Gasteiger partial charge in [-0.2, -0.15) is 0 Å². The number of imidazole rings is 1. The van der Waals surface area contributed by atoms with Crippen molar-refractivity contribution in [1.82, 2.24) is 9.97 Å². The first-order valence-corrected chi connectivity index (χ1v) is 14.9. The van der Waals surface area contributed by atoms with E-state index in [-0.39, 0.29) is 10.8 Å². The van der Waals surface area contributed by atoms with Crippen molar-refractivity contribution >= 4 is 27.3 Å². The minimum atomic E-state index is -3.72.